The summed E-state index contributed by atoms with van der Waals surface area (Å²) in [6, 6.07) is 6.36. The lowest BCUT2D eigenvalue weighted by Gasteiger charge is -2.33. The van der Waals surface area contributed by atoms with Gasteiger partial charge < -0.3 is 21.0 Å². The predicted octanol–water partition coefficient (Wildman–Crippen LogP) is 5.80. The van der Waals surface area contributed by atoms with Crippen molar-refractivity contribution in [1.82, 2.24) is 0 Å². The Morgan fingerprint density at radius 3 is 2.59 bits per heavy atom. The van der Waals surface area contributed by atoms with E-state index in [2.05, 4.69) is 43.4 Å². The van der Waals surface area contributed by atoms with Crippen LogP contribution in [0.3, 0.4) is 0 Å². The number of carbonyl (C=O) groups is 1. The minimum atomic E-state index is -0.219. The summed E-state index contributed by atoms with van der Waals surface area (Å²) in [6.45, 7) is 11.4. The van der Waals surface area contributed by atoms with Crippen LogP contribution in [-0.4, -0.2) is 29.9 Å². The van der Waals surface area contributed by atoms with Gasteiger partial charge in [-0.15, -0.1) is 0 Å². The number of oxime groups is 1. The van der Waals surface area contributed by atoms with Gasteiger partial charge >= 0.3 is 0 Å². The van der Waals surface area contributed by atoms with E-state index in [4.69, 9.17) is 10.6 Å². The smallest absolute Gasteiger partial charge is 0.248 e. The van der Waals surface area contributed by atoms with E-state index < -0.39 is 0 Å². The molecule has 1 aliphatic carbocycles. The molecular formula is C28H37N3O3. The van der Waals surface area contributed by atoms with E-state index in [9.17, 15) is 9.90 Å². The number of phenols is 1. The van der Waals surface area contributed by atoms with Crippen molar-refractivity contribution in [3.8, 4) is 5.75 Å². The average Bonchev–Trinajstić information content (AvgIpc) is 2.76. The van der Waals surface area contributed by atoms with Crippen LogP contribution in [0.5, 0.6) is 5.75 Å². The highest BCUT2D eigenvalue weighted by molar-refractivity contribution is 6.01. The van der Waals surface area contributed by atoms with Gasteiger partial charge in [-0.2, -0.15) is 0 Å². The molecule has 182 valence electrons. The van der Waals surface area contributed by atoms with Crippen molar-refractivity contribution >= 4 is 17.3 Å². The highest BCUT2D eigenvalue weighted by Crippen LogP contribution is 2.40. The van der Waals surface area contributed by atoms with E-state index in [0.717, 1.165) is 35.3 Å². The first-order chi connectivity index (χ1) is 16.1. The summed E-state index contributed by atoms with van der Waals surface area (Å²) in [6.07, 6.45) is 13.5. The van der Waals surface area contributed by atoms with Crippen molar-refractivity contribution in [3.63, 3.8) is 0 Å². The quantitative estimate of drug-likeness (QED) is 0.142. The molecular weight excluding hydrogens is 426 g/mol. The van der Waals surface area contributed by atoms with Gasteiger partial charge in [-0.25, -0.2) is 0 Å². The number of hydrogen-bond acceptors (Lipinski definition) is 5. The number of nitrogens with two attached hydrogens (primary N) is 1. The zero-order valence-corrected chi connectivity index (χ0v) is 20.9. The third kappa shape index (κ3) is 8.52. The topological polar surface area (TPSA) is 96.9 Å². The molecule has 1 aromatic rings. The van der Waals surface area contributed by atoms with Crippen molar-refractivity contribution in [3.05, 3.63) is 83.0 Å². The van der Waals surface area contributed by atoms with Crippen molar-refractivity contribution in [1.29, 1.82) is 0 Å². The Labute approximate surface area is 203 Å². The van der Waals surface area contributed by atoms with Crippen molar-refractivity contribution in [2.75, 3.05) is 18.5 Å². The Morgan fingerprint density at radius 1 is 1.21 bits per heavy atom. The second-order valence-corrected chi connectivity index (χ2v) is 9.11. The molecule has 0 radical (unpaired) electrons. The minimum absolute atomic E-state index is 0.0633. The molecule has 0 unspecified atom stereocenters. The molecule has 2 rings (SSSR count). The number of rotatable bonds is 9. The SMILES string of the molecule is CC1=C(/C=C/C(C)=C/C=C/C(C)=C/C(=O)Nc2ccc(O)cc2)C(C)(C)CC/C1=N/OCCN. The third-order valence-electron chi connectivity index (χ3n) is 5.66. The van der Waals surface area contributed by atoms with Gasteiger partial charge in [0.2, 0.25) is 5.91 Å². The molecule has 34 heavy (non-hydrogen) atoms. The zero-order chi connectivity index (χ0) is 25.1. The van der Waals surface area contributed by atoms with Crippen molar-refractivity contribution in [2.24, 2.45) is 16.3 Å². The normalized spacial score (nSPS) is 18.2. The van der Waals surface area contributed by atoms with Gasteiger partial charge in [-0.1, -0.05) is 55.0 Å². The summed E-state index contributed by atoms with van der Waals surface area (Å²) in [4.78, 5) is 17.5. The number of amides is 1. The van der Waals surface area contributed by atoms with E-state index in [1.807, 2.05) is 32.1 Å². The average molecular weight is 464 g/mol. The Kier molecular flexibility index (Phi) is 10.1. The fraction of sp³-hybridized carbons (Fsp3) is 0.357. The van der Waals surface area contributed by atoms with E-state index in [0.29, 0.717) is 18.8 Å². The fourth-order valence-electron chi connectivity index (χ4n) is 3.66. The molecule has 0 atom stereocenters. The van der Waals surface area contributed by atoms with Crippen LogP contribution in [0.1, 0.15) is 47.5 Å². The molecule has 6 nitrogen and oxygen atoms in total. The molecule has 0 spiro atoms. The molecule has 6 heteroatoms. The molecule has 1 amide bonds. The second kappa shape index (κ2) is 12.8. The summed E-state index contributed by atoms with van der Waals surface area (Å²) >= 11 is 0. The maximum Gasteiger partial charge on any atom is 0.248 e. The van der Waals surface area contributed by atoms with Crippen LogP contribution in [0.15, 0.2) is 88.2 Å². The van der Waals surface area contributed by atoms with Gasteiger partial charge in [0, 0.05) is 18.3 Å². The van der Waals surface area contributed by atoms with Crippen LogP contribution in [0.25, 0.3) is 0 Å². The standard InChI is InChI=1S/C28H37N3O3/c1-20(7-6-8-21(2)19-27(33)30-23-10-12-24(32)13-11-23)9-14-25-22(3)26(31-34-18-17-29)15-16-28(25,4)5/h6-14,19,32H,15-18,29H2,1-5H3,(H,30,33)/b8-6+,14-9+,20-7+,21-19+,31-26-. The molecule has 0 bridgehead atoms. The van der Waals surface area contributed by atoms with Gasteiger partial charge in [0.05, 0.1) is 5.71 Å². The van der Waals surface area contributed by atoms with E-state index in [1.165, 1.54) is 23.8 Å². The number of nitrogens with one attached hydrogen (secondary N) is 1. The van der Waals surface area contributed by atoms with Crippen LogP contribution in [0, 0.1) is 5.41 Å². The van der Waals surface area contributed by atoms with Crippen molar-refractivity contribution < 1.29 is 14.7 Å². The first-order valence-electron chi connectivity index (χ1n) is 11.5. The molecule has 1 aliphatic rings. The van der Waals surface area contributed by atoms with Crippen LogP contribution >= 0.6 is 0 Å². The third-order valence-corrected chi connectivity index (χ3v) is 5.66. The largest absolute Gasteiger partial charge is 0.508 e. The number of nitrogens with zero attached hydrogens (tertiary/aromatic N) is 1. The Balaban J connectivity index is 2.04. The Morgan fingerprint density at radius 2 is 1.91 bits per heavy atom. The Bertz CT molecular complexity index is 1040. The minimum Gasteiger partial charge on any atom is -0.508 e. The number of allylic oxidation sites excluding steroid dienone is 9. The summed E-state index contributed by atoms with van der Waals surface area (Å²) in [5.41, 5.74) is 11.5. The van der Waals surface area contributed by atoms with Crippen LogP contribution in [-0.2, 0) is 9.63 Å². The molecule has 0 saturated carbocycles. The molecule has 0 aromatic heterocycles. The summed E-state index contributed by atoms with van der Waals surface area (Å²) in [5.74, 6) is -0.0595. The van der Waals surface area contributed by atoms with E-state index >= 15 is 0 Å². The summed E-state index contributed by atoms with van der Waals surface area (Å²) in [7, 11) is 0. The molecule has 0 fully saturated rings. The molecule has 4 N–H and O–H groups in total. The predicted molar refractivity (Wildman–Crippen MR) is 141 cm³/mol. The van der Waals surface area contributed by atoms with Gasteiger partial charge in [-0.05, 0) is 80.0 Å². The van der Waals surface area contributed by atoms with Gasteiger partial charge in [-0.3, -0.25) is 4.79 Å². The number of carbonyl (C=O) groups excluding carboxylic acids is 1. The fourth-order valence-corrected chi connectivity index (χ4v) is 3.66. The number of aromatic hydroxyl groups is 1. The van der Waals surface area contributed by atoms with Crippen LogP contribution in [0.2, 0.25) is 0 Å². The van der Waals surface area contributed by atoms with Gasteiger partial charge in [0.1, 0.15) is 12.4 Å². The van der Waals surface area contributed by atoms with E-state index in [-0.39, 0.29) is 17.1 Å². The first kappa shape index (κ1) is 26.9. The number of phenolic OH excluding ortho intramolecular Hbond substituents is 1. The maximum absolute atomic E-state index is 12.1. The lowest BCUT2D eigenvalue weighted by Crippen LogP contribution is -2.24. The summed E-state index contributed by atoms with van der Waals surface area (Å²) in [5, 5.41) is 16.4. The first-order valence-corrected chi connectivity index (χ1v) is 11.5. The van der Waals surface area contributed by atoms with Crippen molar-refractivity contribution in [2.45, 2.75) is 47.5 Å². The monoisotopic (exact) mass is 463 g/mol. The van der Waals surface area contributed by atoms with Gasteiger partial charge in [0.15, 0.2) is 0 Å². The molecule has 0 heterocycles. The molecule has 1 aromatic carbocycles. The van der Waals surface area contributed by atoms with Gasteiger partial charge in [0.25, 0.3) is 0 Å². The van der Waals surface area contributed by atoms with E-state index in [1.54, 1.807) is 12.1 Å². The Hall–Kier alpha value is -3.38. The second-order valence-electron chi connectivity index (χ2n) is 9.11. The number of anilines is 1. The van der Waals surface area contributed by atoms with Crippen LogP contribution < -0.4 is 11.1 Å². The number of hydrogen-bond donors (Lipinski definition) is 3. The maximum atomic E-state index is 12.1. The molecule has 0 aliphatic heterocycles. The number of benzene rings is 1. The highest BCUT2D eigenvalue weighted by Gasteiger charge is 2.30. The lowest BCUT2D eigenvalue weighted by molar-refractivity contribution is -0.111. The van der Waals surface area contributed by atoms with Crippen LogP contribution in [0.4, 0.5) is 5.69 Å². The molecule has 0 saturated heterocycles. The highest BCUT2D eigenvalue weighted by atomic mass is 16.6. The lowest BCUT2D eigenvalue weighted by atomic mass is 9.72. The zero-order valence-electron chi connectivity index (χ0n) is 20.9. The summed E-state index contributed by atoms with van der Waals surface area (Å²) < 4.78 is 0.